The summed E-state index contributed by atoms with van der Waals surface area (Å²) >= 11 is 0. The van der Waals surface area contributed by atoms with Crippen LogP contribution in [0.2, 0.25) is 0 Å². The van der Waals surface area contributed by atoms with Crippen LogP contribution in [0.3, 0.4) is 0 Å². The van der Waals surface area contributed by atoms with E-state index in [1.165, 1.54) is 0 Å². The molecule has 21 heavy (non-hydrogen) atoms. The molecule has 0 aliphatic carbocycles. The van der Waals surface area contributed by atoms with Gasteiger partial charge in [-0.15, -0.1) is 0 Å². The maximum absolute atomic E-state index is 12.3. The second-order valence-electron chi connectivity index (χ2n) is 6.55. The minimum atomic E-state index is -3.24. The maximum atomic E-state index is 12.3. The first-order chi connectivity index (χ1) is 9.74. The normalized spacial score (nSPS) is 12.8. The van der Waals surface area contributed by atoms with Gasteiger partial charge in [0, 0.05) is 26.2 Å². The molecule has 0 saturated carbocycles. The van der Waals surface area contributed by atoms with E-state index in [1.807, 2.05) is 6.07 Å². The Kier molecular flexibility index (Phi) is 6.84. The van der Waals surface area contributed by atoms with Crippen molar-refractivity contribution in [3.63, 3.8) is 0 Å². The average molecular weight is 313 g/mol. The second-order valence-corrected chi connectivity index (χ2v) is 8.66. The quantitative estimate of drug-likeness (QED) is 0.799. The van der Waals surface area contributed by atoms with Crippen LogP contribution < -0.4 is 0 Å². The van der Waals surface area contributed by atoms with Gasteiger partial charge in [0.05, 0.1) is 10.6 Å². The number of sulfone groups is 1. The van der Waals surface area contributed by atoms with Crippen LogP contribution in [0.4, 0.5) is 0 Å². The lowest BCUT2D eigenvalue weighted by molar-refractivity contribution is 0.180. The highest BCUT2D eigenvalue weighted by Gasteiger charge is 2.20. The molecular formula is C16H27NO3S. The van der Waals surface area contributed by atoms with E-state index in [0.717, 1.165) is 13.1 Å². The van der Waals surface area contributed by atoms with Gasteiger partial charge in [0.25, 0.3) is 0 Å². The smallest absolute Gasteiger partial charge is 0.179 e. The van der Waals surface area contributed by atoms with Crippen molar-refractivity contribution in [3.8, 4) is 0 Å². The summed E-state index contributed by atoms with van der Waals surface area (Å²) in [7, 11) is -3.24. The van der Waals surface area contributed by atoms with E-state index in [4.69, 9.17) is 5.11 Å². The molecule has 1 aromatic rings. The Morgan fingerprint density at radius 1 is 1.10 bits per heavy atom. The zero-order valence-electron chi connectivity index (χ0n) is 13.2. The monoisotopic (exact) mass is 313 g/mol. The molecule has 0 aliphatic rings. The molecule has 0 heterocycles. The van der Waals surface area contributed by atoms with Crippen molar-refractivity contribution in [1.29, 1.82) is 0 Å². The summed E-state index contributed by atoms with van der Waals surface area (Å²) in [5.74, 6) is 0.110. The number of aliphatic hydroxyl groups excluding tert-OH is 1. The van der Waals surface area contributed by atoms with Crippen LogP contribution in [0.25, 0.3) is 0 Å². The van der Waals surface area contributed by atoms with Crippen molar-refractivity contribution in [1.82, 2.24) is 4.90 Å². The third-order valence-electron chi connectivity index (χ3n) is 3.11. The first-order valence-electron chi connectivity index (χ1n) is 7.36. The minimum Gasteiger partial charge on any atom is -0.396 e. The Balaban J connectivity index is 2.67. The molecule has 0 aliphatic heterocycles. The molecule has 0 bridgehead atoms. The first kappa shape index (κ1) is 18.1. The summed E-state index contributed by atoms with van der Waals surface area (Å²) in [5, 5.41) is 8.97. The van der Waals surface area contributed by atoms with Crippen molar-refractivity contribution < 1.29 is 13.5 Å². The fourth-order valence-corrected chi connectivity index (χ4v) is 3.54. The SMILES string of the molecule is CC(C)(C)CN(CCCO)CCS(=O)(=O)c1ccccc1. The zero-order valence-corrected chi connectivity index (χ0v) is 14.1. The summed E-state index contributed by atoms with van der Waals surface area (Å²) in [6, 6.07) is 8.57. The molecule has 0 unspecified atom stereocenters. The number of aliphatic hydroxyl groups is 1. The van der Waals surface area contributed by atoms with Gasteiger partial charge in [-0.25, -0.2) is 8.42 Å². The van der Waals surface area contributed by atoms with Crippen LogP contribution in [-0.2, 0) is 9.84 Å². The molecule has 0 fully saturated rings. The molecule has 0 radical (unpaired) electrons. The van der Waals surface area contributed by atoms with Crippen molar-refractivity contribution in [3.05, 3.63) is 30.3 Å². The van der Waals surface area contributed by atoms with Crippen molar-refractivity contribution in [2.24, 2.45) is 5.41 Å². The van der Waals surface area contributed by atoms with E-state index >= 15 is 0 Å². The highest BCUT2D eigenvalue weighted by Crippen LogP contribution is 2.16. The Morgan fingerprint density at radius 3 is 2.24 bits per heavy atom. The van der Waals surface area contributed by atoms with Crippen LogP contribution in [0.1, 0.15) is 27.2 Å². The van der Waals surface area contributed by atoms with Gasteiger partial charge < -0.3 is 10.0 Å². The number of benzene rings is 1. The van der Waals surface area contributed by atoms with Gasteiger partial charge in [0.2, 0.25) is 0 Å². The molecule has 4 nitrogen and oxygen atoms in total. The predicted molar refractivity (Wildman–Crippen MR) is 86.1 cm³/mol. The second kappa shape index (κ2) is 7.92. The zero-order chi connectivity index (χ0) is 15.9. The summed E-state index contributed by atoms with van der Waals surface area (Å²) < 4.78 is 24.6. The van der Waals surface area contributed by atoms with E-state index in [0.29, 0.717) is 17.9 Å². The van der Waals surface area contributed by atoms with Crippen LogP contribution in [0, 0.1) is 5.41 Å². The van der Waals surface area contributed by atoms with E-state index in [-0.39, 0.29) is 17.8 Å². The number of nitrogens with zero attached hydrogens (tertiary/aromatic N) is 1. The summed E-state index contributed by atoms with van der Waals surface area (Å²) in [4.78, 5) is 2.50. The molecular weight excluding hydrogens is 286 g/mol. The van der Waals surface area contributed by atoms with Gasteiger partial charge in [-0.1, -0.05) is 39.0 Å². The third kappa shape index (κ3) is 7.07. The summed E-state index contributed by atoms with van der Waals surface area (Å²) in [6.45, 7) is 8.55. The lowest BCUT2D eigenvalue weighted by Crippen LogP contribution is -2.37. The average Bonchev–Trinajstić information content (AvgIpc) is 2.41. The van der Waals surface area contributed by atoms with E-state index in [9.17, 15) is 8.42 Å². The Hall–Kier alpha value is -0.910. The summed E-state index contributed by atoms with van der Waals surface area (Å²) in [5.41, 5.74) is 0.103. The largest absolute Gasteiger partial charge is 0.396 e. The Morgan fingerprint density at radius 2 is 1.71 bits per heavy atom. The first-order valence-corrected chi connectivity index (χ1v) is 9.01. The minimum absolute atomic E-state index is 0.103. The summed E-state index contributed by atoms with van der Waals surface area (Å²) in [6.07, 6.45) is 0.668. The Bertz CT molecular complexity index is 506. The van der Waals surface area contributed by atoms with Crippen LogP contribution >= 0.6 is 0 Å². The van der Waals surface area contributed by atoms with E-state index in [2.05, 4.69) is 25.7 Å². The number of hydrogen-bond donors (Lipinski definition) is 1. The molecule has 1 rings (SSSR count). The lowest BCUT2D eigenvalue weighted by Gasteiger charge is -2.29. The Labute approximate surface area is 128 Å². The molecule has 120 valence electrons. The molecule has 0 saturated heterocycles. The highest BCUT2D eigenvalue weighted by atomic mass is 32.2. The van der Waals surface area contributed by atoms with E-state index < -0.39 is 9.84 Å². The lowest BCUT2D eigenvalue weighted by atomic mass is 9.96. The fraction of sp³-hybridized carbons (Fsp3) is 0.625. The molecule has 5 heteroatoms. The highest BCUT2D eigenvalue weighted by molar-refractivity contribution is 7.91. The number of rotatable bonds is 8. The molecule has 0 amide bonds. The maximum Gasteiger partial charge on any atom is 0.179 e. The molecule has 1 N–H and O–H groups in total. The van der Waals surface area contributed by atoms with Gasteiger partial charge in [0.1, 0.15) is 0 Å². The van der Waals surface area contributed by atoms with Gasteiger partial charge in [-0.2, -0.15) is 0 Å². The van der Waals surface area contributed by atoms with E-state index in [1.54, 1.807) is 24.3 Å². The van der Waals surface area contributed by atoms with Gasteiger partial charge in [0.15, 0.2) is 9.84 Å². The molecule has 0 aromatic heterocycles. The molecule has 0 spiro atoms. The van der Waals surface area contributed by atoms with Crippen LogP contribution in [0.5, 0.6) is 0 Å². The topological polar surface area (TPSA) is 57.6 Å². The standard InChI is InChI=1S/C16H27NO3S/c1-16(2,3)14-17(10-7-12-18)11-13-21(19,20)15-8-5-4-6-9-15/h4-6,8-9,18H,7,10-14H2,1-3H3. The van der Waals surface area contributed by atoms with Gasteiger partial charge in [-0.3, -0.25) is 0 Å². The number of hydrogen-bond acceptors (Lipinski definition) is 4. The fourth-order valence-electron chi connectivity index (χ4n) is 2.23. The van der Waals surface area contributed by atoms with Crippen LogP contribution in [-0.4, -0.2) is 50.4 Å². The third-order valence-corrected chi connectivity index (χ3v) is 4.82. The molecule has 0 atom stereocenters. The van der Waals surface area contributed by atoms with Gasteiger partial charge in [-0.05, 0) is 24.0 Å². The van der Waals surface area contributed by atoms with Gasteiger partial charge >= 0.3 is 0 Å². The predicted octanol–water partition coefficient (Wildman–Crippen LogP) is 2.19. The van der Waals surface area contributed by atoms with Crippen molar-refractivity contribution in [2.45, 2.75) is 32.1 Å². The van der Waals surface area contributed by atoms with Crippen molar-refractivity contribution >= 4 is 9.84 Å². The molecule has 1 aromatic carbocycles. The van der Waals surface area contributed by atoms with Crippen LogP contribution in [0.15, 0.2) is 35.2 Å². The van der Waals surface area contributed by atoms with Crippen molar-refractivity contribution in [2.75, 3.05) is 32.0 Å².